The minimum Gasteiger partial charge on any atom is -0.349 e. The van der Waals surface area contributed by atoms with Gasteiger partial charge >= 0.3 is 0 Å². The summed E-state index contributed by atoms with van der Waals surface area (Å²) in [5.74, 6) is 0. The molecule has 0 spiro atoms. The van der Waals surface area contributed by atoms with Crippen LogP contribution in [0.2, 0.25) is 0 Å². The minimum atomic E-state index is 0.795. The van der Waals surface area contributed by atoms with Crippen molar-refractivity contribution in [3.05, 3.63) is 0 Å². The van der Waals surface area contributed by atoms with Crippen LogP contribution in [-0.4, -0.2) is 24.9 Å². The van der Waals surface area contributed by atoms with E-state index in [9.17, 15) is 4.79 Å². The highest BCUT2D eigenvalue weighted by Crippen LogP contribution is 1.66. The van der Waals surface area contributed by atoms with E-state index in [4.69, 9.17) is 0 Å². The highest BCUT2D eigenvalue weighted by Gasteiger charge is 1.79. The van der Waals surface area contributed by atoms with Crippen molar-refractivity contribution in [2.75, 3.05) is 13.6 Å². The molecule has 0 N–H and O–H groups in total. The summed E-state index contributed by atoms with van der Waals surface area (Å²) in [5, 5.41) is 0. The Bertz CT molecular complexity index is 45.8. The molecule has 1 amide bonds. The lowest BCUT2D eigenvalue weighted by Crippen LogP contribution is -2.13. The van der Waals surface area contributed by atoms with E-state index in [0.29, 0.717) is 0 Å². The van der Waals surface area contributed by atoms with Gasteiger partial charge in [-0.3, -0.25) is 4.79 Å². The Morgan fingerprint density at radius 1 is 1.50 bits per heavy atom. The van der Waals surface area contributed by atoms with Gasteiger partial charge < -0.3 is 4.90 Å². The van der Waals surface area contributed by atoms with Crippen LogP contribution in [0.1, 0.15) is 20.8 Å². The van der Waals surface area contributed by atoms with Gasteiger partial charge in [0.15, 0.2) is 0 Å². The van der Waals surface area contributed by atoms with Crippen molar-refractivity contribution in [2.24, 2.45) is 0 Å². The summed E-state index contributed by atoms with van der Waals surface area (Å²) in [6.07, 6.45) is 0.806. The van der Waals surface area contributed by atoms with Gasteiger partial charge in [-0.1, -0.05) is 13.8 Å². The molecule has 0 aliphatic heterocycles. The third-order valence-electron chi connectivity index (χ3n) is 0.679. The predicted molar refractivity (Wildman–Crippen MR) is 35.7 cm³/mol. The molecule has 0 aromatic rings. The molecule has 0 rings (SSSR count). The second kappa shape index (κ2) is 9.69. The summed E-state index contributed by atoms with van der Waals surface area (Å²) in [6, 6.07) is 0. The van der Waals surface area contributed by atoms with E-state index in [1.54, 1.807) is 11.9 Å². The van der Waals surface area contributed by atoms with Gasteiger partial charge in [0.25, 0.3) is 0 Å². The molecule has 0 saturated heterocycles. The first kappa shape index (κ1) is 10.5. The number of carbonyl (C=O) groups excluding carboxylic acids is 1. The number of hydrogen-bond donors (Lipinski definition) is 0. The van der Waals surface area contributed by atoms with Crippen molar-refractivity contribution >= 4 is 6.41 Å². The molecule has 0 aromatic carbocycles. The molecule has 0 aromatic heterocycles. The molecular weight excluding hydrogens is 102 g/mol. The van der Waals surface area contributed by atoms with Crippen LogP contribution in [-0.2, 0) is 4.79 Å². The fourth-order valence-corrected chi connectivity index (χ4v) is 0.0745. The normalized spacial score (nSPS) is 6.50. The Morgan fingerprint density at radius 3 is 1.88 bits per heavy atom. The van der Waals surface area contributed by atoms with Crippen LogP contribution < -0.4 is 0 Å². The molecule has 0 heterocycles. The van der Waals surface area contributed by atoms with E-state index in [2.05, 4.69) is 0 Å². The quantitative estimate of drug-likeness (QED) is 0.496. The molecule has 0 fully saturated rings. The van der Waals surface area contributed by atoms with E-state index < -0.39 is 0 Å². The standard InChI is InChI=1S/C4H9NO.C2H6/c1-3-5(2)4-6;1-2/h4H,3H2,1-2H3;1-2H3. The molecule has 0 saturated carbocycles. The smallest absolute Gasteiger partial charge is 0.209 e. The molecular formula is C6H15NO. The van der Waals surface area contributed by atoms with Crippen LogP contribution in [0.25, 0.3) is 0 Å². The summed E-state index contributed by atoms with van der Waals surface area (Å²) in [6.45, 7) is 6.72. The van der Waals surface area contributed by atoms with Crippen LogP contribution in [0.4, 0.5) is 0 Å². The molecule has 0 atom stereocenters. The average Bonchev–Trinajstić information content (AvgIpc) is 1.91. The highest BCUT2D eigenvalue weighted by atomic mass is 16.1. The Labute approximate surface area is 51.5 Å². The maximum atomic E-state index is 9.66. The van der Waals surface area contributed by atoms with E-state index in [1.807, 2.05) is 20.8 Å². The Balaban J connectivity index is 0. The van der Waals surface area contributed by atoms with Gasteiger partial charge in [-0.2, -0.15) is 0 Å². The number of carbonyl (C=O) groups is 1. The van der Waals surface area contributed by atoms with Crippen LogP contribution in [0, 0.1) is 0 Å². The first-order chi connectivity index (χ1) is 3.81. The van der Waals surface area contributed by atoms with Crippen molar-refractivity contribution in [1.29, 1.82) is 0 Å². The van der Waals surface area contributed by atoms with Gasteiger partial charge in [0.1, 0.15) is 0 Å². The summed E-state index contributed by atoms with van der Waals surface area (Å²) >= 11 is 0. The summed E-state index contributed by atoms with van der Waals surface area (Å²) in [5.41, 5.74) is 0. The SMILES string of the molecule is CC.CCN(C)C=O. The van der Waals surface area contributed by atoms with Crippen molar-refractivity contribution in [3.63, 3.8) is 0 Å². The fraction of sp³-hybridized carbons (Fsp3) is 0.833. The largest absolute Gasteiger partial charge is 0.349 e. The Morgan fingerprint density at radius 2 is 1.88 bits per heavy atom. The molecule has 0 bridgehead atoms. The lowest BCUT2D eigenvalue weighted by molar-refractivity contribution is -0.116. The van der Waals surface area contributed by atoms with Crippen LogP contribution >= 0.6 is 0 Å². The number of nitrogens with zero attached hydrogens (tertiary/aromatic N) is 1. The zero-order valence-corrected chi connectivity index (χ0v) is 6.14. The zero-order chi connectivity index (χ0) is 6.99. The van der Waals surface area contributed by atoms with Gasteiger partial charge in [0.05, 0.1) is 0 Å². The molecule has 2 heteroatoms. The number of hydrogen-bond acceptors (Lipinski definition) is 1. The van der Waals surface area contributed by atoms with Crippen LogP contribution in [0.3, 0.4) is 0 Å². The summed E-state index contributed by atoms with van der Waals surface area (Å²) < 4.78 is 0. The van der Waals surface area contributed by atoms with E-state index in [-0.39, 0.29) is 0 Å². The van der Waals surface area contributed by atoms with Crippen molar-refractivity contribution < 1.29 is 4.79 Å². The molecule has 0 aliphatic rings. The maximum absolute atomic E-state index is 9.66. The van der Waals surface area contributed by atoms with Crippen LogP contribution in [0.15, 0.2) is 0 Å². The molecule has 0 radical (unpaired) electrons. The van der Waals surface area contributed by atoms with Crippen LogP contribution in [0.5, 0.6) is 0 Å². The maximum Gasteiger partial charge on any atom is 0.209 e. The molecule has 0 aliphatic carbocycles. The fourth-order valence-electron chi connectivity index (χ4n) is 0.0745. The van der Waals surface area contributed by atoms with E-state index >= 15 is 0 Å². The summed E-state index contributed by atoms with van der Waals surface area (Å²) in [4.78, 5) is 11.2. The van der Waals surface area contributed by atoms with Gasteiger partial charge in [-0.05, 0) is 6.92 Å². The van der Waals surface area contributed by atoms with Gasteiger partial charge in [0, 0.05) is 13.6 Å². The average molecular weight is 117 g/mol. The van der Waals surface area contributed by atoms with E-state index in [1.165, 1.54) is 0 Å². The monoisotopic (exact) mass is 117 g/mol. The molecule has 8 heavy (non-hydrogen) atoms. The lowest BCUT2D eigenvalue weighted by Gasteiger charge is -2.01. The number of amides is 1. The predicted octanol–water partition coefficient (Wildman–Crippen LogP) is 1.12. The molecule has 0 unspecified atom stereocenters. The van der Waals surface area contributed by atoms with Crippen molar-refractivity contribution in [1.82, 2.24) is 4.90 Å². The molecule has 50 valence electrons. The van der Waals surface area contributed by atoms with Crippen molar-refractivity contribution in [2.45, 2.75) is 20.8 Å². The third kappa shape index (κ3) is 9.08. The second-order valence-electron chi connectivity index (χ2n) is 1.18. The van der Waals surface area contributed by atoms with Gasteiger partial charge in [-0.25, -0.2) is 0 Å². The first-order valence-corrected chi connectivity index (χ1v) is 2.96. The van der Waals surface area contributed by atoms with Crippen molar-refractivity contribution in [3.8, 4) is 0 Å². The minimum absolute atomic E-state index is 0.795. The number of rotatable bonds is 2. The Hall–Kier alpha value is -0.530. The summed E-state index contributed by atoms with van der Waals surface area (Å²) in [7, 11) is 1.74. The zero-order valence-electron chi connectivity index (χ0n) is 6.14. The lowest BCUT2D eigenvalue weighted by atomic mass is 10.7. The first-order valence-electron chi connectivity index (χ1n) is 2.96. The topological polar surface area (TPSA) is 20.3 Å². The molecule has 2 nitrogen and oxygen atoms in total. The Kier molecular flexibility index (Phi) is 12.7. The van der Waals surface area contributed by atoms with Gasteiger partial charge in [-0.15, -0.1) is 0 Å². The van der Waals surface area contributed by atoms with E-state index in [0.717, 1.165) is 13.0 Å². The van der Waals surface area contributed by atoms with Gasteiger partial charge in [0.2, 0.25) is 6.41 Å². The highest BCUT2D eigenvalue weighted by molar-refractivity contribution is 5.45. The second-order valence-corrected chi connectivity index (χ2v) is 1.18. The third-order valence-corrected chi connectivity index (χ3v) is 0.679.